The minimum Gasteiger partial charge on any atom is -0.479 e. The SMILES string of the molecule is O=C(O)COC(=O)OC1CNC1. The first-order valence-corrected chi connectivity index (χ1v) is 3.44. The van der Waals surface area contributed by atoms with Gasteiger partial charge in [-0.25, -0.2) is 9.59 Å². The van der Waals surface area contributed by atoms with E-state index in [0.717, 1.165) is 0 Å². The van der Waals surface area contributed by atoms with Crippen LogP contribution in [0.15, 0.2) is 0 Å². The van der Waals surface area contributed by atoms with Crippen LogP contribution in [0.25, 0.3) is 0 Å². The highest BCUT2D eigenvalue weighted by Gasteiger charge is 2.22. The molecule has 1 aliphatic heterocycles. The Labute approximate surface area is 68.5 Å². The van der Waals surface area contributed by atoms with Crippen molar-refractivity contribution in [3.05, 3.63) is 0 Å². The molecule has 0 atom stereocenters. The molecule has 12 heavy (non-hydrogen) atoms. The Morgan fingerprint density at radius 1 is 1.50 bits per heavy atom. The molecule has 1 heterocycles. The average Bonchev–Trinajstić information content (AvgIpc) is 1.93. The topological polar surface area (TPSA) is 84.9 Å². The van der Waals surface area contributed by atoms with Crippen molar-refractivity contribution >= 4 is 12.1 Å². The number of hydrogen-bond acceptors (Lipinski definition) is 5. The summed E-state index contributed by atoms with van der Waals surface area (Å²) in [6, 6.07) is 0. The van der Waals surface area contributed by atoms with Crippen molar-refractivity contribution < 1.29 is 24.2 Å². The summed E-state index contributed by atoms with van der Waals surface area (Å²) in [7, 11) is 0. The highest BCUT2D eigenvalue weighted by molar-refractivity contribution is 5.71. The summed E-state index contributed by atoms with van der Waals surface area (Å²) in [5.41, 5.74) is 0. The Hall–Kier alpha value is -1.30. The van der Waals surface area contributed by atoms with Gasteiger partial charge in [0.15, 0.2) is 6.61 Å². The molecular weight excluding hydrogens is 166 g/mol. The molecule has 1 saturated heterocycles. The molecule has 1 rings (SSSR count). The molecule has 0 saturated carbocycles. The van der Waals surface area contributed by atoms with E-state index in [0.29, 0.717) is 13.1 Å². The van der Waals surface area contributed by atoms with E-state index in [2.05, 4.69) is 14.8 Å². The van der Waals surface area contributed by atoms with Gasteiger partial charge in [0.1, 0.15) is 6.10 Å². The van der Waals surface area contributed by atoms with Crippen LogP contribution in [-0.4, -0.2) is 43.0 Å². The average molecular weight is 175 g/mol. The smallest absolute Gasteiger partial charge is 0.479 e. The van der Waals surface area contributed by atoms with Gasteiger partial charge in [-0.2, -0.15) is 0 Å². The molecule has 2 N–H and O–H groups in total. The summed E-state index contributed by atoms with van der Waals surface area (Å²) in [5, 5.41) is 11.0. The lowest BCUT2D eigenvalue weighted by Crippen LogP contribution is -2.49. The number of carboxylic acid groups (broad SMARTS) is 1. The van der Waals surface area contributed by atoms with Crippen LogP contribution in [0.5, 0.6) is 0 Å². The second-order valence-corrected chi connectivity index (χ2v) is 2.33. The van der Waals surface area contributed by atoms with Gasteiger partial charge in [-0.1, -0.05) is 0 Å². The third kappa shape index (κ3) is 2.75. The van der Waals surface area contributed by atoms with Crippen LogP contribution in [0.3, 0.4) is 0 Å². The zero-order chi connectivity index (χ0) is 8.97. The number of hydrogen-bond donors (Lipinski definition) is 2. The van der Waals surface area contributed by atoms with Crippen LogP contribution in [0.2, 0.25) is 0 Å². The molecule has 0 aromatic rings. The van der Waals surface area contributed by atoms with Gasteiger partial charge in [0.05, 0.1) is 0 Å². The maximum Gasteiger partial charge on any atom is 0.509 e. The standard InChI is InChI=1S/C6H9NO5/c8-5(9)3-11-6(10)12-4-1-7-2-4/h4,7H,1-3H2,(H,8,9). The molecule has 0 bridgehead atoms. The third-order valence-electron chi connectivity index (χ3n) is 1.32. The minimum atomic E-state index is -1.20. The largest absolute Gasteiger partial charge is 0.509 e. The second kappa shape index (κ2) is 3.91. The maximum absolute atomic E-state index is 10.6. The molecule has 0 aromatic heterocycles. The molecule has 0 aliphatic carbocycles. The molecular formula is C6H9NO5. The zero-order valence-electron chi connectivity index (χ0n) is 6.28. The number of ether oxygens (including phenoxy) is 2. The van der Waals surface area contributed by atoms with Crippen molar-refractivity contribution in [1.82, 2.24) is 5.32 Å². The van der Waals surface area contributed by atoms with Gasteiger partial charge in [0, 0.05) is 13.1 Å². The van der Waals surface area contributed by atoms with Crippen molar-refractivity contribution in [2.45, 2.75) is 6.10 Å². The van der Waals surface area contributed by atoms with Crippen LogP contribution >= 0.6 is 0 Å². The fourth-order valence-electron chi connectivity index (χ4n) is 0.636. The summed E-state index contributed by atoms with van der Waals surface area (Å²) in [6.45, 7) is 0.545. The van der Waals surface area contributed by atoms with E-state index < -0.39 is 18.7 Å². The first kappa shape index (κ1) is 8.79. The van der Waals surface area contributed by atoms with Crippen LogP contribution in [-0.2, 0) is 14.3 Å². The van der Waals surface area contributed by atoms with Crippen molar-refractivity contribution in [1.29, 1.82) is 0 Å². The van der Waals surface area contributed by atoms with Gasteiger partial charge in [-0.15, -0.1) is 0 Å². The first-order valence-electron chi connectivity index (χ1n) is 3.44. The fraction of sp³-hybridized carbons (Fsp3) is 0.667. The van der Waals surface area contributed by atoms with E-state index in [-0.39, 0.29) is 6.10 Å². The van der Waals surface area contributed by atoms with E-state index >= 15 is 0 Å². The molecule has 1 aliphatic rings. The lowest BCUT2D eigenvalue weighted by atomic mass is 10.2. The number of rotatable bonds is 3. The van der Waals surface area contributed by atoms with E-state index in [4.69, 9.17) is 5.11 Å². The summed E-state index contributed by atoms with van der Waals surface area (Å²) in [4.78, 5) is 20.5. The predicted octanol–water partition coefficient (Wildman–Crippen LogP) is -0.804. The lowest BCUT2D eigenvalue weighted by Gasteiger charge is -2.25. The van der Waals surface area contributed by atoms with Crippen LogP contribution in [0.4, 0.5) is 4.79 Å². The molecule has 0 unspecified atom stereocenters. The Morgan fingerprint density at radius 2 is 2.17 bits per heavy atom. The van der Waals surface area contributed by atoms with Crippen molar-refractivity contribution in [2.24, 2.45) is 0 Å². The quantitative estimate of drug-likeness (QED) is 0.546. The monoisotopic (exact) mass is 175 g/mol. The van der Waals surface area contributed by atoms with Crippen molar-refractivity contribution in [2.75, 3.05) is 19.7 Å². The number of carbonyl (C=O) groups excluding carboxylic acids is 1. The second-order valence-electron chi connectivity index (χ2n) is 2.33. The minimum absolute atomic E-state index is 0.175. The number of aliphatic carboxylic acids is 1. The Bertz CT molecular complexity index is 188. The molecule has 1 fully saturated rings. The first-order chi connectivity index (χ1) is 5.68. The highest BCUT2D eigenvalue weighted by Crippen LogP contribution is 1.99. The molecule has 0 spiro atoms. The van der Waals surface area contributed by atoms with Gasteiger partial charge in [0.2, 0.25) is 0 Å². The molecule has 0 amide bonds. The summed E-state index contributed by atoms with van der Waals surface area (Å²) < 4.78 is 8.87. The fourth-order valence-corrected chi connectivity index (χ4v) is 0.636. The van der Waals surface area contributed by atoms with Crippen LogP contribution < -0.4 is 5.32 Å². The van der Waals surface area contributed by atoms with E-state index in [1.807, 2.05) is 0 Å². The number of carboxylic acids is 1. The van der Waals surface area contributed by atoms with Gasteiger partial charge < -0.3 is 19.9 Å². The molecule has 6 nitrogen and oxygen atoms in total. The number of carbonyl (C=O) groups is 2. The van der Waals surface area contributed by atoms with Gasteiger partial charge >= 0.3 is 12.1 Å². The molecule has 0 radical (unpaired) electrons. The van der Waals surface area contributed by atoms with E-state index in [1.54, 1.807) is 0 Å². The molecule has 68 valence electrons. The van der Waals surface area contributed by atoms with E-state index in [9.17, 15) is 9.59 Å². The van der Waals surface area contributed by atoms with Gasteiger partial charge in [-0.3, -0.25) is 0 Å². The third-order valence-corrected chi connectivity index (χ3v) is 1.32. The highest BCUT2D eigenvalue weighted by atomic mass is 16.7. The Morgan fingerprint density at radius 3 is 2.58 bits per heavy atom. The van der Waals surface area contributed by atoms with Gasteiger partial charge in [0.25, 0.3) is 0 Å². The number of nitrogens with one attached hydrogen (secondary N) is 1. The van der Waals surface area contributed by atoms with Crippen LogP contribution in [0, 0.1) is 0 Å². The normalized spacial score (nSPS) is 16.3. The van der Waals surface area contributed by atoms with Crippen molar-refractivity contribution in [3.8, 4) is 0 Å². The van der Waals surface area contributed by atoms with Crippen LogP contribution in [0.1, 0.15) is 0 Å². The summed E-state index contributed by atoms with van der Waals surface area (Å²) in [6.07, 6.45) is -1.10. The Balaban J connectivity index is 2.06. The van der Waals surface area contributed by atoms with Crippen molar-refractivity contribution in [3.63, 3.8) is 0 Å². The maximum atomic E-state index is 10.6. The summed E-state index contributed by atoms with van der Waals surface area (Å²) >= 11 is 0. The lowest BCUT2D eigenvalue weighted by molar-refractivity contribution is -0.141. The Kier molecular flexibility index (Phi) is 2.87. The van der Waals surface area contributed by atoms with E-state index in [1.165, 1.54) is 0 Å². The zero-order valence-corrected chi connectivity index (χ0v) is 6.28. The van der Waals surface area contributed by atoms with Gasteiger partial charge in [-0.05, 0) is 0 Å². The predicted molar refractivity (Wildman–Crippen MR) is 36.7 cm³/mol. The molecule has 6 heteroatoms. The molecule has 0 aromatic carbocycles. The summed E-state index contributed by atoms with van der Waals surface area (Å²) in [5.74, 6) is -1.20.